The van der Waals surface area contributed by atoms with Crippen molar-refractivity contribution in [2.75, 3.05) is 13.1 Å². The number of H-pyrrole nitrogens is 1. The Morgan fingerprint density at radius 3 is 2.87 bits per heavy atom. The summed E-state index contributed by atoms with van der Waals surface area (Å²) in [7, 11) is 0. The molecule has 0 bridgehead atoms. The Morgan fingerprint density at radius 2 is 2.22 bits per heavy atom. The Hall–Kier alpha value is -2.41. The van der Waals surface area contributed by atoms with Crippen molar-refractivity contribution >= 4 is 23.5 Å². The number of amides is 1. The maximum Gasteiger partial charge on any atom is 0.308 e. The third-order valence-corrected chi connectivity index (χ3v) is 4.19. The molecule has 1 amide bonds. The number of rotatable bonds is 3. The third-order valence-electron chi connectivity index (χ3n) is 3.90. The summed E-state index contributed by atoms with van der Waals surface area (Å²) >= 11 is 5.77. The van der Waals surface area contributed by atoms with Gasteiger partial charge >= 0.3 is 5.97 Å². The average Bonchev–Trinajstić information content (AvgIpc) is 3.18. The molecule has 1 saturated heterocycles. The van der Waals surface area contributed by atoms with Gasteiger partial charge in [0.05, 0.1) is 28.4 Å². The highest BCUT2D eigenvalue weighted by molar-refractivity contribution is 6.31. The topological polar surface area (TPSA) is 86.3 Å². The second-order valence-electron chi connectivity index (χ2n) is 5.36. The Kier molecular flexibility index (Phi) is 4.04. The second kappa shape index (κ2) is 6.00. The summed E-state index contributed by atoms with van der Waals surface area (Å²) in [6.07, 6.45) is 1.81. The predicted octanol–water partition coefficient (Wildman–Crippen LogP) is 2.42. The number of aliphatic carboxylic acids is 1. The first kappa shape index (κ1) is 15.5. The van der Waals surface area contributed by atoms with E-state index < -0.39 is 17.7 Å². The molecular formula is C15H13ClFN3O3. The largest absolute Gasteiger partial charge is 0.481 e. The Bertz CT molecular complexity index is 777. The normalized spacial score (nSPS) is 17.5. The molecule has 0 spiro atoms. The van der Waals surface area contributed by atoms with Gasteiger partial charge in [-0.2, -0.15) is 5.10 Å². The molecular weight excluding hydrogens is 325 g/mol. The van der Waals surface area contributed by atoms with Gasteiger partial charge in [0.25, 0.3) is 5.91 Å². The fourth-order valence-corrected chi connectivity index (χ4v) is 2.82. The number of aromatic nitrogens is 2. The SMILES string of the molecule is O=C(O)[C@@H]1CCN(C(=O)c2cn[nH]c2-c2ccc(F)c(Cl)c2)C1. The van der Waals surface area contributed by atoms with E-state index in [1.54, 1.807) is 0 Å². The van der Waals surface area contributed by atoms with Gasteiger partial charge in [0.1, 0.15) is 5.82 Å². The fraction of sp³-hybridized carbons (Fsp3) is 0.267. The number of nitrogens with one attached hydrogen (secondary N) is 1. The van der Waals surface area contributed by atoms with Gasteiger partial charge < -0.3 is 10.0 Å². The van der Waals surface area contributed by atoms with Crippen LogP contribution in [0, 0.1) is 11.7 Å². The Balaban J connectivity index is 1.87. The van der Waals surface area contributed by atoms with Crippen LogP contribution in [0.1, 0.15) is 16.8 Å². The summed E-state index contributed by atoms with van der Waals surface area (Å²) in [4.78, 5) is 25.1. The van der Waals surface area contributed by atoms with Crippen LogP contribution in [-0.2, 0) is 4.79 Å². The van der Waals surface area contributed by atoms with Gasteiger partial charge in [-0.05, 0) is 24.6 Å². The van der Waals surface area contributed by atoms with Crippen molar-refractivity contribution < 1.29 is 19.1 Å². The van der Waals surface area contributed by atoms with Crippen LogP contribution >= 0.6 is 11.6 Å². The molecule has 1 atom stereocenters. The third kappa shape index (κ3) is 2.92. The molecule has 0 saturated carbocycles. The maximum atomic E-state index is 13.3. The summed E-state index contributed by atoms with van der Waals surface area (Å²) in [6.45, 7) is 0.549. The number of hydrogen-bond donors (Lipinski definition) is 2. The van der Waals surface area contributed by atoms with Crippen molar-refractivity contribution in [2.24, 2.45) is 5.92 Å². The molecule has 0 unspecified atom stereocenters. The maximum absolute atomic E-state index is 13.3. The van der Waals surface area contributed by atoms with E-state index >= 15 is 0 Å². The molecule has 2 heterocycles. The number of aromatic amines is 1. The van der Waals surface area contributed by atoms with Crippen LogP contribution in [0.4, 0.5) is 4.39 Å². The minimum absolute atomic E-state index is 0.0531. The molecule has 1 aromatic carbocycles. The molecule has 1 aliphatic rings. The molecule has 6 nitrogen and oxygen atoms in total. The van der Waals surface area contributed by atoms with Crippen molar-refractivity contribution in [2.45, 2.75) is 6.42 Å². The monoisotopic (exact) mass is 337 g/mol. The molecule has 1 fully saturated rings. The molecule has 0 radical (unpaired) electrons. The summed E-state index contributed by atoms with van der Waals surface area (Å²) in [5.41, 5.74) is 1.26. The lowest BCUT2D eigenvalue weighted by atomic mass is 10.1. The van der Waals surface area contributed by atoms with Gasteiger partial charge in [0.2, 0.25) is 0 Å². The Morgan fingerprint density at radius 1 is 1.43 bits per heavy atom. The molecule has 1 aliphatic heterocycles. The van der Waals surface area contributed by atoms with Crippen LogP contribution in [0.2, 0.25) is 5.02 Å². The smallest absolute Gasteiger partial charge is 0.308 e. The first-order valence-corrected chi connectivity index (χ1v) is 7.36. The van der Waals surface area contributed by atoms with E-state index in [-0.39, 0.29) is 17.5 Å². The van der Waals surface area contributed by atoms with Crippen LogP contribution in [0.15, 0.2) is 24.4 Å². The number of benzene rings is 1. The molecule has 0 aliphatic carbocycles. The van der Waals surface area contributed by atoms with Crippen molar-refractivity contribution in [1.82, 2.24) is 15.1 Å². The van der Waals surface area contributed by atoms with Gasteiger partial charge in [-0.15, -0.1) is 0 Å². The molecule has 3 rings (SSSR count). The first-order valence-electron chi connectivity index (χ1n) is 6.98. The molecule has 120 valence electrons. The van der Waals surface area contributed by atoms with Crippen LogP contribution in [0.25, 0.3) is 11.3 Å². The first-order chi connectivity index (χ1) is 11.0. The van der Waals surface area contributed by atoms with Crippen molar-refractivity contribution in [3.63, 3.8) is 0 Å². The fourth-order valence-electron chi connectivity index (χ4n) is 2.64. The van der Waals surface area contributed by atoms with Crippen LogP contribution < -0.4 is 0 Å². The Labute approximate surface area is 135 Å². The summed E-state index contributed by atoms with van der Waals surface area (Å²) < 4.78 is 13.3. The summed E-state index contributed by atoms with van der Waals surface area (Å²) in [5, 5.41) is 15.6. The zero-order valence-corrected chi connectivity index (χ0v) is 12.7. The van der Waals surface area contributed by atoms with E-state index in [1.807, 2.05) is 0 Å². The number of nitrogens with zero attached hydrogens (tertiary/aromatic N) is 2. The number of hydrogen-bond acceptors (Lipinski definition) is 3. The van der Waals surface area contributed by atoms with Crippen molar-refractivity contribution in [3.05, 3.63) is 40.8 Å². The summed E-state index contributed by atoms with van der Waals surface area (Å²) in [5.74, 6) is -2.31. The van der Waals surface area contributed by atoms with E-state index in [0.717, 1.165) is 0 Å². The zero-order valence-electron chi connectivity index (χ0n) is 11.9. The van der Waals surface area contributed by atoms with Crippen molar-refractivity contribution in [3.8, 4) is 11.3 Å². The molecule has 1 aromatic heterocycles. The highest BCUT2D eigenvalue weighted by Gasteiger charge is 2.32. The molecule has 23 heavy (non-hydrogen) atoms. The van der Waals surface area contributed by atoms with Crippen molar-refractivity contribution in [1.29, 1.82) is 0 Å². The van der Waals surface area contributed by atoms with Gasteiger partial charge in [0.15, 0.2) is 0 Å². The highest BCUT2D eigenvalue weighted by atomic mass is 35.5. The van der Waals surface area contributed by atoms with Gasteiger partial charge in [-0.25, -0.2) is 4.39 Å². The van der Waals surface area contributed by atoms with Crippen LogP contribution in [0.3, 0.4) is 0 Å². The number of carboxylic acids is 1. The standard InChI is InChI=1S/C15H13ClFN3O3/c16-11-5-8(1-2-12(11)17)13-10(6-18-19-13)14(21)20-4-3-9(7-20)15(22)23/h1-2,5-6,9H,3-4,7H2,(H,18,19)(H,22,23)/t9-/m1/s1. The number of carboxylic acid groups (broad SMARTS) is 1. The highest BCUT2D eigenvalue weighted by Crippen LogP contribution is 2.28. The van der Waals surface area contributed by atoms with Crippen LogP contribution in [-0.4, -0.2) is 45.2 Å². The second-order valence-corrected chi connectivity index (χ2v) is 5.77. The molecule has 8 heteroatoms. The van der Waals surface area contributed by atoms with E-state index in [4.69, 9.17) is 16.7 Å². The lowest BCUT2D eigenvalue weighted by molar-refractivity contribution is -0.141. The average molecular weight is 338 g/mol. The van der Waals surface area contributed by atoms with E-state index in [9.17, 15) is 14.0 Å². The van der Waals surface area contributed by atoms with E-state index in [0.29, 0.717) is 29.8 Å². The lowest BCUT2D eigenvalue weighted by Crippen LogP contribution is -2.30. The number of likely N-dealkylation sites (tertiary alicyclic amines) is 1. The van der Waals surface area contributed by atoms with Gasteiger partial charge in [-0.1, -0.05) is 11.6 Å². The minimum atomic E-state index is -0.905. The zero-order chi connectivity index (χ0) is 16.6. The quantitative estimate of drug-likeness (QED) is 0.900. The molecule has 2 N–H and O–H groups in total. The van der Waals surface area contributed by atoms with Gasteiger partial charge in [0, 0.05) is 18.7 Å². The van der Waals surface area contributed by atoms with Gasteiger partial charge in [-0.3, -0.25) is 14.7 Å². The van der Waals surface area contributed by atoms with E-state index in [2.05, 4.69) is 10.2 Å². The molecule has 2 aromatic rings. The number of carbonyl (C=O) groups excluding carboxylic acids is 1. The number of carbonyl (C=O) groups is 2. The van der Waals surface area contributed by atoms with E-state index in [1.165, 1.54) is 29.3 Å². The predicted molar refractivity (Wildman–Crippen MR) is 80.6 cm³/mol. The van der Waals surface area contributed by atoms with Crippen LogP contribution in [0.5, 0.6) is 0 Å². The minimum Gasteiger partial charge on any atom is -0.481 e. The lowest BCUT2D eigenvalue weighted by Gasteiger charge is -2.15. The number of halogens is 2. The summed E-state index contributed by atoms with van der Waals surface area (Å²) in [6, 6.07) is 4.11.